The van der Waals surface area contributed by atoms with Crippen LogP contribution in [-0.2, 0) is 11.9 Å². The van der Waals surface area contributed by atoms with E-state index >= 15 is 0 Å². The van der Waals surface area contributed by atoms with E-state index in [1.807, 2.05) is 6.07 Å². The molecule has 0 bridgehead atoms. The summed E-state index contributed by atoms with van der Waals surface area (Å²) in [5.74, 6) is -0.432. The van der Waals surface area contributed by atoms with Gasteiger partial charge in [-0.25, -0.2) is 8.78 Å². The highest BCUT2D eigenvalue weighted by Gasteiger charge is 2.10. The van der Waals surface area contributed by atoms with Crippen molar-refractivity contribution in [3.8, 4) is 11.5 Å². The van der Waals surface area contributed by atoms with Crippen LogP contribution in [0.1, 0.15) is 11.1 Å². The molecule has 0 aliphatic heterocycles. The van der Waals surface area contributed by atoms with Crippen LogP contribution in [0.3, 0.4) is 0 Å². The van der Waals surface area contributed by atoms with Gasteiger partial charge in [-0.3, -0.25) is 0 Å². The molecule has 0 unspecified atom stereocenters. The third-order valence-corrected chi connectivity index (χ3v) is 3.43. The van der Waals surface area contributed by atoms with Gasteiger partial charge in [-0.2, -0.15) is 0 Å². The molecule has 0 aromatic heterocycles. The van der Waals surface area contributed by atoms with E-state index in [0.717, 1.165) is 11.6 Å². The van der Waals surface area contributed by atoms with Crippen LogP contribution in [0.4, 0.5) is 8.78 Å². The summed E-state index contributed by atoms with van der Waals surface area (Å²) in [6, 6.07) is 9.35. The van der Waals surface area contributed by atoms with Crippen LogP contribution in [0.5, 0.6) is 11.5 Å². The quantitative estimate of drug-likeness (QED) is 0.747. The highest BCUT2D eigenvalue weighted by Crippen LogP contribution is 2.27. The molecule has 2 rings (SSSR count). The van der Waals surface area contributed by atoms with E-state index in [1.54, 1.807) is 19.2 Å². The molecule has 0 atom stereocenters. The molecule has 0 aliphatic carbocycles. The van der Waals surface area contributed by atoms with Crippen molar-refractivity contribution in [2.24, 2.45) is 0 Å². The van der Waals surface area contributed by atoms with Gasteiger partial charge >= 0.3 is 0 Å². The second-order valence-electron chi connectivity index (χ2n) is 4.11. The first-order valence-electron chi connectivity index (χ1n) is 5.94. The molecular weight excluding hydrogens is 330 g/mol. The van der Waals surface area contributed by atoms with Gasteiger partial charge in [-0.1, -0.05) is 28.1 Å². The Morgan fingerprint density at radius 1 is 1.10 bits per heavy atom. The van der Waals surface area contributed by atoms with Gasteiger partial charge in [0.2, 0.25) is 0 Å². The highest BCUT2D eigenvalue weighted by molar-refractivity contribution is 9.08. The van der Waals surface area contributed by atoms with E-state index in [1.165, 1.54) is 12.1 Å². The van der Waals surface area contributed by atoms with Gasteiger partial charge < -0.3 is 9.47 Å². The Morgan fingerprint density at radius 2 is 1.90 bits per heavy atom. The van der Waals surface area contributed by atoms with Gasteiger partial charge in [0, 0.05) is 16.5 Å². The maximum absolute atomic E-state index is 13.5. The van der Waals surface area contributed by atoms with E-state index in [2.05, 4.69) is 15.9 Å². The Bertz CT molecular complexity index is 602. The van der Waals surface area contributed by atoms with Gasteiger partial charge in [-0.05, 0) is 24.3 Å². The van der Waals surface area contributed by atoms with Gasteiger partial charge in [0.1, 0.15) is 18.1 Å². The smallest absolute Gasteiger partial charge is 0.165 e. The monoisotopic (exact) mass is 342 g/mol. The number of alkyl halides is 1. The van der Waals surface area contributed by atoms with E-state index in [9.17, 15) is 8.78 Å². The molecule has 2 aromatic carbocycles. The van der Waals surface area contributed by atoms with E-state index in [4.69, 9.17) is 9.47 Å². The SMILES string of the molecule is COc1ccc(OCc2cccc(F)c2F)c(CBr)c1. The van der Waals surface area contributed by atoms with Crippen LogP contribution in [-0.4, -0.2) is 7.11 Å². The van der Waals surface area contributed by atoms with Crippen molar-refractivity contribution < 1.29 is 18.3 Å². The van der Waals surface area contributed by atoms with Crippen molar-refractivity contribution in [3.63, 3.8) is 0 Å². The summed E-state index contributed by atoms with van der Waals surface area (Å²) in [6.45, 7) is -0.0318. The minimum atomic E-state index is -0.874. The Balaban J connectivity index is 2.16. The standard InChI is InChI=1S/C15H13BrF2O2/c1-19-12-5-6-14(11(7-12)8-16)20-9-10-3-2-4-13(17)15(10)18/h2-7H,8-9H2,1H3. The Hall–Kier alpha value is -1.62. The predicted octanol–water partition coefficient (Wildman–Crippen LogP) is 4.45. The lowest BCUT2D eigenvalue weighted by atomic mass is 10.2. The third kappa shape index (κ3) is 3.28. The van der Waals surface area contributed by atoms with Gasteiger partial charge in [0.05, 0.1) is 7.11 Å². The first-order chi connectivity index (χ1) is 9.65. The number of benzene rings is 2. The molecule has 0 radical (unpaired) electrons. The predicted molar refractivity (Wildman–Crippen MR) is 76.3 cm³/mol. The minimum Gasteiger partial charge on any atom is -0.497 e. The number of methoxy groups -OCH3 is 1. The first-order valence-corrected chi connectivity index (χ1v) is 7.06. The van der Waals surface area contributed by atoms with Crippen LogP contribution < -0.4 is 9.47 Å². The maximum Gasteiger partial charge on any atom is 0.165 e. The van der Waals surface area contributed by atoms with Crippen molar-refractivity contribution in [1.29, 1.82) is 0 Å². The van der Waals surface area contributed by atoms with Gasteiger partial charge in [-0.15, -0.1) is 0 Å². The van der Waals surface area contributed by atoms with Crippen LogP contribution in [0.25, 0.3) is 0 Å². The molecule has 2 aromatic rings. The molecule has 0 aliphatic rings. The largest absolute Gasteiger partial charge is 0.497 e. The average molecular weight is 343 g/mol. The zero-order chi connectivity index (χ0) is 14.5. The van der Waals surface area contributed by atoms with Crippen LogP contribution in [0.2, 0.25) is 0 Å². The summed E-state index contributed by atoms with van der Waals surface area (Å²) in [5.41, 5.74) is 1.06. The van der Waals surface area contributed by atoms with E-state index in [0.29, 0.717) is 16.8 Å². The molecule has 0 fully saturated rings. The fourth-order valence-electron chi connectivity index (χ4n) is 1.74. The lowest BCUT2D eigenvalue weighted by molar-refractivity contribution is 0.294. The second-order valence-corrected chi connectivity index (χ2v) is 4.67. The summed E-state index contributed by atoms with van der Waals surface area (Å²) in [5, 5.41) is 0.575. The molecular formula is C15H13BrF2O2. The summed E-state index contributed by atoms with van der Waals surface area (Å²) in [7, 11) is 1.58. The highest BCUT2D eigenvalue weighted by atomic mass is 79.9. The van der Waals surface area contributed by atoms with Gasteiger partial charge in [0.15, 0.2) is 11.6 Å². The number of ether oxygens (including phenoxy) is 2. The number of rotatable bonds is 5. The summed E-state index contributed by atoms with van der Waals surface area (Å²) in [6.07, 6.45) is 0. The topological polar surface area (TPSA) is 18.5 Å². The van der Waals surface area contributed by atoms with Crippen LogP contribution >= 0.6 is 15.9 Å². The lowest BCUT2D eigenvalue weighted by Crippen LogP contribution is -2.02. The third-order valence-electron chi connectivity index (χ3n) is 2.83. The molecule has 0 saturated heterocycles. The van der Waals surface area contributed by atoms with Crippen molar-refractivity contribution in [2.45, 2.75) is 11.9 Å². The van der Waals surface area contributed by atoms with Crippen molar-refractivity contribution in [3.05, 3.63) is 59.2 Å². The maximum atomic E-state index is 13.5. The number of hydrogen-bond acceptors (Lipinski definition) is 2. The molecule has 0 spiro atoms. The van der Waals surface area contributed by atoms with Gasteiger partial charge in [0.25, 0.3) is 0 Å². The summed E-state index contributed by atoms with van der Waals surface area (Å²) in [4.78, 5) is 0. The molecule has 0 amide bonds. The number of halogens is 3. The molecule has 0 N–H and O–H groups in total. The molecule has 20 heavy (non-hydrogen) atoms. The molecule has 5 heteroatoms. The molecule has 2 nitrogen and oxygen atoms in total. The van der Waals surface area contributed by atoms with E-state index < -0.39 is 11.6 Å². The molecule has 0 heterocycles. The fraction of sp³-hybridized carbons (Fsp3) is 0.200. The average Bonchev–Trinajstić information content (AvgIpc) is 2.48. The van der Waals surface area contributed by atoms with E-state index in [-0.39, 0.29) is 12.2 Å². The second kappa shape index (κ2) is 6.70. The zero-order valence-corrected chi connectivity index (χ0v) is 12.4. The van der Waals surface area contributed by atoms with Crippen molar-refractivity contribution in [2.75, 3.05) is 7.11 Å². The molecule has 0 saturated carbocycles. The fourth-order valence-corrected chi connectivity index (χ4v) is 2.18. The molecule has 106 valence electrons. The van der Waals surface area contributed by atoms with Crippen molar-refractivity contribution >= 4 is 15.9 Å². The Labute approximate surface area is 124 Å². The van der Waals surface area contributed by atoms with Crippen LogP contribution in [0, 0.1) is 11.6 Å². The number of hydrogen-bond donors (Lipinski definition) is 0. The Kier molecular flexibility index (Phi) is 4.95. The normalized spacial score (nSPS) is 10.4. The Morgan fingerprint density at radius 3 is 2.60 bits per heavy atom. The zero-order valence-electron chi connectivity index (χ0n) is 10.8. The van der Waals surface area contributed by atoms with Crippen molar-refractivity contribution in [1.82, 2.24) is 0 Å². The van der Waals surface area contributed by atoms with Crippen LogP contribution in [0.15, 0.2) is 36.4 Å². The lowest BCUT2D eigenvalue weighted by Gasteiger charge is -2.12. The minimum absolute atomic E-state index is 0.0318. The summed E-state index contributed by atoms with van der Waals surface area (Å²) < 4.78 is 37.3. The first kappa shape index (κ1) is 14.8. The summed E-state index contributed by atoms with van der Waals surface area (Å²) >= 11 is 3.35.